The van der Waals surface area contributed by atoms with Crippen molar-refractivity contribution in [2.24, 2.45) is 0 Å². The van der Waals surface area contributed by atoms with Crippen LogP contribution in [0.5, 0.6) is 0 Å². The van der Waals surface area contributed by atoms with Crippen LogP contribution in [0.1, 0.15) is 13.8 Å². The summed E-state index contributed by atoms with van der Waals surface area (Å²) in [5.74, 6) is -2.76. The second kappa shape index (κ2) is 3.81. The summed E-state index contributed by atoms with van der Waals surface area (Å²) in [5.41, 5.74) is 0. The van der Waals surface area contributed by atoms with Crippen LogP contribution >= 0.6 is 0 Å². The first-order chi connectivity index (χ1) is 4.89. The average molecular weight is 163 g/mol. The lowest BCUT2D eigenvalue weighted by atomic mass is 10.2. The van der Waals surface area contributed by atoms with Gasteiger partial charge in [-0.15, -0.1) is 0 Å². The Morgan fingerprint density at radius 2 is 2.00 bits per heavy atom. The van der Waals surface area contributed by atoms with E-state index in [1.165, 1.54) is 0 Å². The Kier molecular flexibility index (Phi) is 3.66. The van der Waals surface area contributed by atoms with Crippen LogP contribution in [0.25, 0.3) is 0 Å². The van der Waals surface area contributed by atoms with Crippen molar-refractivity contribution in [3.8, 4) is 0 Å². The molecule has 0 spiro atoms. The van der Waals surface area contributed by atoms with Gasteiger partial charge < -0.3 is 0 Å². The van der Waals surface area contributed by atoms with Gasteiger partial charge in [0, 0.05) is 6.04 Å². The van der Waals surface area contributed by atoms with Gasteiger partial charge >= 0.3 is 0 Å². The normalized spacial score (nSPS) is 12.6. The summed E-state index contributed by atoms with van der Waals surface area (Å²) in [5, 5.41) is 0. The highest BCUT2D eigenvalue weighted by molar-refractivity contribution is 4.89. The lowest BCUT2D eigenvalue weighted by Crippen LogP contribution is -2.36. The monoisotopic (exact) mass is 163 g/mol. The molecule has 0 N–H and O–H groups in total. The molecule has 0 heterocycles. The standard InChI is InChI=1S/C8H15F2N/c1-5-8(9,10)6-11(4)7(2)3/h5,7H,1,6H2,2-4H3. The Hall–Kier alpha value is -0.440. The Balaban J connectivity index is 3.93. The third-order valence-electron chi connectivity index (χ3n) is 1.64. The van der Waals surface area contributed by atoms with Crippen LogP contribution in [-0.4, -0.2) is 30.5 Å². The van der Waals surface area contributed by atoms with E-state index >= 15 is 0 Å². The van der Waals surface area contributed by atoms with Gasteiger partial charge in [-0.05, 0) is 27.0 Å². The van der Waals surface area contributed by atoms with Gasteiger partial charge in [-0.1, -0.05) is 6.58 Å². The van der Waals surface area contributed by atoms with Crippen molar-refractivity contribution in [1.82, 2.24) is 4.90 Å². The molecule has 0 aromatic heterocycles. The average Bonchev–Trinajstić information content (AvgIpc) is 1.87. The third-order valence-corrected chi connectivity index (χ3v) is 1.64. The molecule has 0 amide bonds. The minimum absolute atomic E-state index is 0.140. The maximum Gasteiger partial charge on any atom is 0.278 e. The minimum atomic E-state index is -2.76. The molecule has 0 aromatic carbocycles. The predicted molar refractivity (Wildman–Crippen MR) is 42.9 cm³/mol. The molecule has 0 fully saturated rings. The molecule has 0 aliphatic rings. The molecular weight excluding hydrogens is 148 g/mol. The number of halogens is 2. The van der Waals surface area contributed by atoms with E-state index in [0.717, 1.165) is 0 Å². The lowest BCUT2D eigenvalue weighted by molar-refractivity contribution is 0.0135. The summed E-state index contributed by atoms with van der Waals surface area (Å²) in [6.45, 7) is 6.56. The first-order valence-electron chi connectivity index (χ1n) is 3.60. The molecule has 0 aromatic rings. The fourth-order valence-electron chi connectivity index (χ4n) is 0.580. The lowest BCUT2D eigenvalue weighted by Gasteiger charge is -2.24. The van der Waals surface area contributed by atoms with Crippen LogP contribution in [0.15, 0.2) is 12.7 Å². The summed E-state index contributed by atoms with van der Waals surface area (Å²) >= 11 is 0. The van der Waals surface area contributed by atoms with E-state index in [1.54, 1.807) is 11.9 Å². The van der Waals surface area contributed by atoms with Crippen LogP contribution in [0.4, 0.5) is 8.78 Å². The summed E-state index contributed by atoms with van der Waals surface area (Å²) in [6.07, 6.45) is 0.686. The highest BCUT2D eigenvalue weighted by Crippen LogP contribution is 2.16. The van der Waals surface area contributed by atoms with Crippen LogP contribution < -0.4 is 0 Å². The zero-order valence-electron chi connectivity index (χ0n) is 7.27. The molecule has 0 saturated heterocycles. The maximum atomic E-state index is 12.6. The Labute approximate surface area is 66.7 Å². The Bertz CT molecular complexity index is 132. The molecule has 0 aliphatic heterocycles. The topological polar surface area (TPSA) is 3.24 Å². The molecule has 0 aliphatic carbocycles. The second-order valence-corrected chi connectivity index (χ2v) is 2.97. The molecule has 0 saturated carbocycles. The maximum absolute atomic E-state index is 12.6. The molecule has 11 heavy (non-hydrogen) atoms. The molecule has 3 heteroatoms. The fraction of sp³-hybridized carbons (Fsp3) is 0.750. The van der Waals surface area contributed by atoms with Crippen LogP contribution in [-0.2, 0) is 0 Å². The number of rotatable bonds is 4. The van der Waals surface area contributed by atoms with Crippen LogP contribution in [0.2, 0.25) is 0 Å². The van der Waals surface area contributed by atoms with E-state index in [1.807, 2.05) is 13.8 Å². The van der Waals surface area contributed by atoms with Gasteiger partial charge in [0.2, 0.25) is 0 Å². The number of alkyl halides is 2. The second-order valence-electron chi connectivity index (χ2n) is 2.97. The van der Waals surface area contributed by atoms with Gasteiger partial charge in [-0.2, -0.15) is 0 Å². The third kappa shape index (κ3) is 4.09. The molecule has 0 unspecified atom stereocenters. The summed E-state index contributed by atoms with van der Waals surface area (Å²) < 4.78 is 25.2. The smallest absolute Gasteiger partial charge is 0.278 e. The summed E-state index contributed by atoms with van der Waals surface area (Å²) in [7, 11) is 1.67. The van der Waals surface area contributed by atoms with Crippen molar-refractivity contribution in [1.29, 1.82) is 0 Å². The predicted octanol–water partition coefficient (Wildman–Crippen LogP) is 2.15. The van der Waals surface area contributed by atoms with Gasteiger partial charge in [0.15, 0.2) is 0 Å². The van der Waals surface area contributed by atoms with E-state index in [4.69, 9.17) is 0 Å². The number of hydrogen-bond donors (Lipinski definition) is 0. The van der Waals surface area contributed by atoms with E-state index in [0.29, 0.717) is 6.08 Å². The van der Waals surface area contributed by atoms with Crippen molar-refractivity contribution in [3.05, 3.63) is 12.7 Å². The van der Waals surface area contributed by atoms with E-state index in [9.17, 15) is 8.78 Å². The van der Waals surface area contributed by atoms with Gasteiger partial charge in [0.25, 0.3) is 5.92 Å². The van der Waals surface area contributed by atoms with Crippen molar-refractivity contribution in [2.75, 3.05) is 13.6 Å². The van der Waals surface area contributed by atoms with Crippen molar-refractivity contribution < 1.29 is 8.78 Å². The van der Waals surface area contributed by atoms with Crippen molar-refractivity contribution in [3.63, 3.8) is 0 Å². The molecule has 0 radical (unpaired) electrons. The highest BCUT2D eigenvalue weighted by atomic mass is 19.3. The Morgan fingerprint density at radius 3 is 2.27 bits per heavy atom. The van der Waals surface area contributed by atoms with Crippen LogP contribution in [0, 0.1) is 0 Å². The fourth-order valence-corrected chi connectivity index (χ4v) is 0.580. The molecule has 0 bridgehead atoms. The molecule has 0 atom stereocenters. The highest BCUT2D eigenvalue weighted by Gasteiger charge is 2.26. The largest absolute Gasteiger partial charge is 0.298 e. The molecule has 66 valence electrons. The summed E-state index contributed by atoms with van der Waals surface area (Å²) in [4.78, 5) is 1.58. The molecule has 1 nitrogen and oxygen atoms in total. The molecule has 0 rings (SSSR count). The number of hydrogen-bond acceptors (Lipinski definition) is 1. The number of nitrogens with zero attached hydrogens (tertiary/aromatic N) is 1. The van der Waals surface area contributed by atoms with Crippen LogP contribution in [0.3, 0.4) is 0 Å². The zero-order chi connectivity index (χ0) is 9.07. The van der Waals surface area contributed by atoms with E-state index in [-0.39, 0.29) is 12.6 Å². The van der Waals surface area contributed by atoms with Gasteiger partial charge in [0.1, 0.15) is 0 Å². The van der Waals surface area contributed by atoms with Gasteiger partial charge in [0.05, 0.1) is 6.54 Å². The van der Waals surface area contributed by atoms with E-state index < -0.39 is 5.92 Å². The minimum Gasteiger partial charge on any atom is -0.298 e. The van der Waals surface area contributed by atoms with Crippen molar-refractivity contribution in [2.45, 2.75) is 25.8 Å². The SMILES string of the molecule is C=CC(F)(F)CN(C)C(C)C. The molecular formula is C8H15F2N. The van der Waals surface area contributed by atoms with E-state index in [2.05, 4.69) is 6.58 Å². The zero-order valence-corrected chi connectivity index (χ0v) is 7.27. The van der Waals surface area contributed by atoms with Gasteiger partial charge in [-0.3, -0.25) is 4.90 Å². The first-order valence-corrected chi connectivity index (χ1v) is 3.60. The Morgan fingerprint density at radius 1 is 1.55 bits per heavy atom. The van der Waals surface area contributed by atoms with Crippen molar-refractivity contribution >= 4 is 0 Å². The first kappa shape index (κ1) is 10.6. The quantitative estimate of drug-likeness (QED) is 0.574. The summed E-state index contributed by atoms with van der Waals surface area (Å²) in [6, 6.07) is 0.140. The van der Waals surface area contributed by atoms with Gasteiger partial charge in [-0.25, -0.2) is 8.78 Å².